The molecule has 96 valence electrons. The number of isocyanates is 1. The fraction of sp³-hybridized carbons (Fsp3) is 0.500. The van der Waals surface area contributed by atoms with Crippen molar-refractivity contribution in [3.05, 3.63) is 28.3 Å². The summed E-state index contributed by atoms with van der Waals surface area (Å²) in [6, 6.07) is 3.91. The molecule has 3 nitrogen and oxygen atoms in total. The molecule has 0 aliphatic heterocycles. The number of aliphatic imine (C=N–C) groups is 1. The summed E-state index contributed by atoms with van der Waals surface area (Å²) in [7, 11) is 1.61. The maximum atomic E-state index is 10.6. The first-order valence-corrected chi connectivity index (χ1v) is 6.50. The molecular weight excluding hydrogens is 250 g/mol. The molecule has 1 fully saturated rings. The number of nitrogens with zero attached hydrogens (tertiary/aromatic N) is 1. The maximum absolute atomic E-state index is 10.6. The summed E-state index contributed by atoms with van der Waals surface area (Å²) in [6.07, 6.45) is 5.37. The molecule has 0 heterocycles. The number of halogens is 1. The first-order chi connectivity index (χ1) is 8.66. The lowest BCUT2D eigenvalue weighted by Crippen LogP contribution is -2.32. The Labute approximate surface area is 112 Å². The fourth-order valence-corrected chi connectivity index (χ4v) is 2.79. The van der Waals surface area contributed by atoms with E-state index in [1.807, 2.05) is 12.1 Å². The number of hydrogen-bond donors (Lipinski definition) is 0. The molecule has 0 aromatic heterocycles. The normalized spacial score (nSPS) is 16.6. The zero-order valence-electron chi connectivity index (χ0n) is 10.6. The van der Waals surface area contributed by atoms with E-state index in [2.05, 4.69) is 11.9 Å². The van der Waals surface area contributed by atoms with E-state index < -0.39 is 5.54 Å². The van der Waals surface area contributed by atoms with Gasteiger partial charge < -0.3 is 4.74 Å². The molecular formula is C14H16ClNO2. The van der Waals surface area contributed by atoms with E-state index in [1.54, 1.807) is 13.2 Å². The molecule has 18 heavy (non-hydrogen) atoms. The summed E-state index contributed by atoms with van der Waals surface area (Å²) in [6.45, 7) is 2.05. The Kier molecular flexibility index (Phi) is 3.74. The Morgan fingerprint density at radius 3 is 2.67 bits per heavy atom. The van der Waals surface area contributed by atoms with E-state index in [0.29, 0.717) is 10.8 Å². The first-order valence-electron chi connectivity index (χ1n) is 6.13. The highest BCUT2D eigenvalue weighted by molar-refractivity contribution is 6.32. The van der Waals surface area contributed by atoms with Crippen molar-refractivity contribution in [2.45, 2.75) is 38.1 Å². The van der Waals surface area contributed by atoms with Crippen LogP contribution in [0.3, 0.4) is 0 Å². The Balaban J connectivity index is 2.52. The minimum absolute atomic E-state index is 0.401. The molecule has 1 aromatic carbocycles. The zero-order chi connectivity index (χ0) is 13.2. The second-order valence-electron chi connectivity index (χ2n) is 4.59. The van der Waals surface area contributed by atoms with Gasteiger partial charge in [0.2, 0.25) is 6.08 Å². The van der Waals surface area contributed by atoms with Crippen LogP contribution in [0.2, 0.25) is 5.02 Å². The standard InChI is InChI=1S/C14H16ClNO2/c1-3-10-7-11(8-12(15)13(10)18-2)14(16-9-17)5-4-6-14/h7-8H,3-6H2,1-2H3. The van der Waals surface area contributed by atoms with Gasteiger partial charge in [0.1, 0.15) is 5.75 Å². The van der Waals surface area contributed by atoms with Crippen molar-refractivity contribution in [3.8, 4) is 5.75 Å². The van der Waals surface area contributed by atoms with Crippen LogP contribution in [-0.4, -0.2) is 13.2 Å². The number of hydrogen-bond acceptors (Lipinski definition) is 3. The molecule has 1 aliphatic rings. The summed E-state index contributed by atoms with van der Waals surface area (Å²) in [5.74, 6) is 0.715. The predicted molar refractivity (Wildman–Crippen MR) is 71.0 cm³/mol. The highest BCUT2D eigenvalue weighted by atomic mass is 35.5. The highest BCUT2D eigenvalue weighted by Gasteiger charge is 2.39. The Morgan fingerprint density at radius 2 is 2.22 bits per heavy atom. The molecule has 0 unspecified atom stereocenters. The molecule has 2 rings (SSSR count). The van der Waals surface area contributed by atoms with Crippen LogP contribution in [0.25, 0.3) is 0 Å². The molecule has 0 saturated heterocycles. The van der Waals surface area contributed by atoms with Crippen LogP contribution in [0.5, 0.6) is 5.75 Å². The third-order valence-corrected chi connectivity index (χ3v) is 3.96. The predicted octanol–water partition coefficient (Wildman–Crippen LogP) is 3.63. The van der Waals surface area contributed by atoms with E-state index in [0.717, 1.165) is 36.8 Å². The van der Waals surface area contributed by atoms with Crippen molar-refractivity contribution in [1.29, 1.82) is 0 Å². The van der Waals surface area contributed by atoms with Crippen molar-refractivity contribution < 1.29 is 9.53 Å². The van der Waals surface area contributed by atoms with Gasteiger partial charge in [0.05, 0.1) is 17.7 Å². The number of methoxy groups -OCH3 is 1. The average Bonchev–Trinajstić information content (AvgIpc) is 2.32. The molecule has 4 heteroatoms. The van der Waals surface area contributed by atoms with Crippen LogP contribution in [0.1, 0.15) is 37.3 Å². The van der Waals surface area contributed by atoms with E-state index in [4.69, 9.17) is 16.3 Å². The van der Waals surface area contributed by atoms with Crippen LogP contribution in [-0.2, 0) is 16.8 Å². The highest BCUT2D eigenvalue weighted by Crippen LogP contribution is 2.47. The molecule has 1 saturated carbocycles. The summed E-state index contributed by atoms with van der Waals surface area (Å²) in [5, 5.41) is 0.583. The molecule has 0 amide bonds. The van der Waals surface area contributed by atoms with Gasteiger partial charge in [0, 0.05) is 0 Å². The van der Waals surface area contributed by atoms with Gasteiger partial charge in [-0.05, 0) is 48.9 Å². The van der Waals surface area contributed by atoms with Crippen LogP contribution in [0.4, 0.5) is 0 Å². The quantitative estimate of drug-likeness (QED) is 0.616. The first kappa shape index (κ1) is 13.1. The second-order valence-corrected chi connectivity index (χ2v) is 5.00. The van der Waals surface area contributed by atoms with Crippen molar-refractivity contribution in [2.75, 3.05) is 7.11 Å². The van der Waals surface area contributed by atoms with Gasteiger partial charge in [-0.25, -0.2) is 4.79 Å². The number of carbonyl (C=O) groups excluding carboxylic acids is 1. The van der Waals surface area contributed by atoms with Gasteiger partial charge in [-0.2, -0.15) is 4.99 Å². The van der Waals surface area contributed by atoms with Gasteiger partial charge in [-0.3, -0.25) is 0 Å². The number of rotatable bonds is 4. The zero-order valence-corrected chi connectivity index (χ0v) is 11.4. The van der Waals surface area contributed by atoms with Gasteiger partial charge in [0.25, 0.3) is 0 Å². The fourth-order valence-electron chi connectivity index (χ4n) is 2.47. The van der Waals surface area contributed by atoms with Gasteiger partial charge in [-0.1, -0.05) is 18.5 Å². The molecule has 1 aromatic rings. The second kappa shape index (κ2) is 5.13. The minimum atomic E-state index is -0.401. The van der Waals surface area contributed by atoms with Crippen molar-refractivity contribution >= 4 is 17.7 Å². The van der Waals surface area contributed by atoms with E-state index >= 15 is 0 Å². The average molecular weight is 266 g/mol. The topological polar surface area (TPSA) is 38.7 Å². The molecule has 0 spiro atoms. The Hall–Kier alpha value is -1.31. The van der Waals surface area contributed by atoms with Crippen molar-refractivity contribution in [1.82, 2.24) is 0 Å². The van der Waals surface area contributed by atoms with Crippen LogP contribution in [0.15, 0.2) is 17.1 Å². The number of aryl methyl sites for hydroxylation is 1. The monoisotopic (exact) mass is 265 g/mol. The minimum Gasteiger partial charge on any atom is -0.495 e. The molecule has 0 bridgehead atoms. The van der Waals surface area contributed by atoms with Crippen LogP contribution < -0.4 is 4.74 Å². The molecule has 0 atom stereocenters. The third-order valence-electron chi connectivity index (χ3n) is 3.68. The lowest BCUT2D eigenvalue weighted by molar-refractivity contribution is 0.255. The van der Waals surface area contributed by atoms with Crippen LogP contribution >= 0.6 is 11.6 Å². The lowest BCUT2D eigenvalue weighted by Gasteiger charge is -2.37. The SMILES string of the molecule is CCc1cc(C2(N=C=O)CCC2)cc(Cl)c1OC. The van der Waals surface area contributed by atoms with Gasteiger partial charge in [0.15, 0.2) is 0 Å². The number of benzene rings is 1. The maximum Gasteiger partial charge on any atom is 0.235 e. The Bertz CT molecular complexity index is 503. The third kappa shape index (κ3) is 2.05. The lowest BCUT2D eigenvalue weighted by atomic mass is 9.72. The summed E-state index contributed by atoms with van der Waals surface area (Å²) < 4.78 is 5.31. The molecule has 1 aliphatic carbocycles. The summed E-state index contributed by atoms with van der Waals surface area (Å²) >= 11 is 6.24. The van der Waals surface area contributed by atoms with E-state index in [9.17, 15) is 4.79 Å². The van der Waals surface area contributed by atoms with Crippen molar-refractivity contribution in [3.63, 3.8) is 0 Å². The van der Waals surface area contributed by atoms with E-state index in [-0.39, 0.29) is 0 Å². The summed E-state index contributed by atoms with van der Waals surface area (Å²) in [4.78, 5) is 14.6. The largest absolute Gasteiger partial charge is 0.495 e. The smallest absolute Gasteiger partial charge is 0.235 e. The number of ether oxygens (including phenoxy) is 1. The Morgan fingerprint density at radius 1 is 1.50 bits per heavy atom. The van der Waals surface area contributed by atoms with Gasteiger partial charge in [-0.15, -0.1) is 0 Å². The molecule has 0 N–H and O–H groups in total. The molecule has 0 radical (unpaired) electrons. The van der Waals surface area contributed by atoms with E-state index in [1.165, 1.54) is 0 Å². The summed E-state index contributed by atoms with van der Waals surface area (Å²) in [5.41, 5.74) is 1.65. The van der Waals surface area contributed by atoms with Crippen molar-refractivity contribution in [2.24, 2.45) is 4.99 Å². The van der Waals surface area contributed by atoms with Crippen LogP contribution in [0, 0.1) is 0 Å². The van der Waals surface area contributed by atoms with Gasteiger partial charge >= 0.3 is 0 Å².